The molecule has 27 heavy (non-hydrogen) atoms. The highest BCUT2D eigenvalue weighted by atomic mass is 35.5. The summed E-state index contributed by atoms with van der Waals surface area (Å²) in [5.41, 5.74) is 4.18. The summed E-state index contributed by atoms with van der Waals surface area (Å²) in [6.45, 7) is 4.16. The van der Waals surface area contributed by atoms with E-state index in [1.807, 2.05) is 36.7 Å². The molecule has 0 atom stereocenters. The molecule has 0 aliphatic heterocycles. The van der Waals surface area contributed by atoms with Crippen LogP contribution >= 0.6 is 23.4 Å². The molecular weight excluding hydrogens is 379 g/mol. The number of aromatic nitrogens is 2. The Hall–Kier alpha value is -2.30. The van der Waals surface area contributed by atoms with Crippen LogP contribution in [-0.4, -0.2) is 9.55 Å². The Kier molecular flexibility index (Phi) is 4.94. The molecule has 0 saturated carbocycles. The predicted octanol–water partition coefficient (Wildman–Crippen LogP) is 6.84. The number of rotatable bonds is 4. The largest absolute Gasteiger partial charge is 0.311 e. The quantitative estimate of drug-likeness (QED) is 0.375. The van der Waals surface area contributed by atoms with Crippen molar-refractivity contribution in [3.8, 4) is 5.69 Å². The first-order valence-electron chi connectivity index (χ1n) is 8.75. The van der Waals surface area contributed by atoms with Gasteiger partial charge in [-0.05, 0) is 49.2 Å². The molecule has 4 aromatic rings. The second kappa shape index (κ2) is 7.37. The van der Waals surface area contributed by atoms with Gasteiger partial charge in [0.1, 0.15) is 5.82 Å². The maximum Gasteiger partial charge on any atom is 0.137 e. The summed E-state index contributed by atoms with van der Waals surface area (Å²) in [6, 6.07) is 14.8. The lowest BCUT2D eigenvalue weighted by Crippen LogP contribution is -1.99. The number of pyridine rings is 1. The summed E-state index contributed by atoms with van der Waals surface area (Å²) in [5.74, 6) is -0.216. The van der Waals surface area contributed by atoms with Crippen molar-refractivity contribution in [2.45, 2.75) is 30.1 Å². The van der Waals surface area contributed by atoms with Crippen LogP contribution in [0.5, 0.6) is 0 Å². The summed E-state index contributed by atoms with van der Waals surface area (Å²) in [6.07, 6.45) is 4.65. The molecule has 0 aliphatic carbocycles. The van der Waals surface area contributed by atoms with Crippen molar-refractivity contribution in [3.63, 3.8) is 0 Å². The van der Waals surface area contributed by atoms with Crippen molar-refractivity contribution < 1.29 is 4.39 Å². The Morgan fingerprint density at radius 2 is 1.93 bits per heavy atom. The summed E-state index contributed by atoms with van der Waals surface area (Å²) in [5, 5.41) is 1.72. The number of fused-ring (bicyclic) bond motifs is 1. The molecule has 136 valence electrons. The maximum absolute atomic E-state index is 14.2. The zero-order valence-corrected chi connectivity index (χ0v) is 16.6. The van der Waals surface area contributed by atoms with E-state index in [0.29, 0.717) is 9.92 Å². The normalized spacial score (nSPS) is 11.3. The van der Waals surface area contributed by atoms with Crippen LogP contribution in [0.1, 0.15) is 18.2 Å². The van der Waals surface area contributed by atoms with E-state index in [-0.39, 0.29) is 5.82 Å². The highest BCUT2D eigenvalue weighted by Gasteiger charge is 2.18. The zero-order chi connectivity index (χ0) is 19.0. The van der Waals surface area contributed by atoms with E-state index in [0.717, 1.165) is 33.6 Å². The molecule has 0 radical (unpaired) electrons. The van der Waals surface area contributed by atoms with Gasteiger partial charge in [-0.2, -0.15) is 0 Å². The molecule has 0 saturated heterocycles. The van der Waals surface area contributed by atoms with Crippen molar-refractivity contribution in [2.75, 3.05) is 0 Å². The molecule has 5 heteroatoms. The highest BCUT2D eigenvalue weighted by Crippen LogP contribution is 2.41. The number of hydrogen-bond acceptors (Lipinski definition) is 2. The van der Waals surface area contributed by atoms with Gasteiger partial charge in [-0.25, -0.2) is 4.39 Å². The summed E-state index contributed by atoms with van der Waals surface area (Å²) in [7, 11) is 0. The average molecular weight is 397 g/mol. The molecule has 0 N–H and O–H groups in total. The van der Waals surface area contributed by atoms with Gasteiger partial charge in [-0.3, -0.25) is 4.98 Å². The minimum absolute atomic E-state index is 0.216. The van der Waals surface area contributed by atoms with Gasteiger partial charge < -0.3 is 4.57 Å². The Labute approximate surface area is 167 Å². The first-order valence-corrected chi connectivity index (χ1v) is 9.95. The SMILES string of the molecule is CCc1cncc(-n2c(C)c(Sc3ccccc3F)c3ccc(Cl)cc32)c1. The zero-order valence-electron chi connectivity index (χ0n) is 15.0. The van der Waals surface area contributed by atoms with Gasteiger partial charge in [-0.1, -0.05) is 48.5 Å². The van der Waals surface area contributed by atoms with E-state index in [9.17, 15) is 4.39 Å². The van der Waals surface area contributed by atoms with Gasteiger partial charge in [-0.15, -0.1) is 0 Å². The van der Waals surface area contributed by atoms with Crippen LogP contribution in [0, 0.1) is 12.7 Å². The van der Waals surface area contributed by atoms with E-state index in [1.54, 1.807) is 12.1 Å². The number of halogens is 2. The molecule has 2 aromatic heterocycles. The molecule has 0 fully saturated rings. The first kappa shape index (κ1) is 18.1. The van der Waals surface area contributed by atoms with Gasteiger partial charge in [0.05, 0.1) is 17.4 Å². The molecule has 2 nitrogen and oxygen atoms in total. The van der Waals surface area contributed by atoms with Crippen molar-refractivity contribution in [1.29, 1.82) is 0 Å². The molecule has 0 spiro atoms. The Balaban J connectivity index is 1.95. The predicted molar refractivity (Wildman–Crippen MR) is 111 cm³/mol. The third-order valence-electron chi connectivity index (χ3n) is 4.60. The average Bonchev–Trinajstić information content (AvgIpc) is 2.94. The second-order valence-electron chi connectivity index (χ2n) is 6.35. The smallest absolute Gasteiger partial charge is 0.137 e. The van der Waals surface area contributed by atoms with Gasteiger partial charge >= 0.3 is 0 Å². The van der Waals surface area contributed by atoms with Crippen LogP contribution < -0.4 is 0 Å². The van der Waals surface area contributed by atoms with E-state index >= 15 is 0 Å². The summed E-state index contributed by atoms with van der Waals surface area (Å²) < 4.78 is 16.4. The lowest BCUT2D eigenvalue weighted by Gasteiger charge is -2.10. The van der Waals surface area contributed by atoms with Crippen LogP contribution in [0.2, 0.25) is 5.02 Å². The molecule has 2 aromatic carbocycles. The second-order valence-corrected chi connectivity index (χ2v) is 7.84. The van der Waals surface area contributed by atoms with Gasteiger partial charge in [0, 0.05) is 32.1 Å². The number of hydrogen-bond donors (Lipinski definition) is 0. The fourth-order valence-electron chi connectivity index (χ4n) is 3.25. The van der Waals surface area contributed by atoms with E-state index in [4.69, 9.17) is 11.6 Å². The highest BCUT2D eigenvalue weighted by molar-refractivity contribution is 7.99. The Morgan fingerprint density at radius 1 is 1.11 bits per heavy atom. The third kappa shape index (κ3) is 3.35. The minimum Gasteiger partial charge on any atom is -0.311 e. The van der Waals surface area contributed by atoms with Crippen LogP contribution in [-0.2, 0) is 6.42 Å². The van der Waals surface area contributed by atoms with Crippen molar-refractivity contribution in [1.82, 2.24) is 9.55 Å². The Morgan fingerprint density at radius 3 is 2.70 bits per heavy atom. The molecular formula is C22H18ClFN2S. The maximum atomic E-state index is 14.2. The van der Waals surface area contributed by atoms with Crippen LogP contribution in [0.25, 0.3) is 16.6 Å². The summed E-state index contributed by atoms with van der Waals surface area (Å²) >= 11 is 7.73. The van der Waals surface area contributed by atoms with Gasteiger partial charge in [0.2, 0.25) is 0 Å². The van der Waals surface area contributed by atoms with Crippen LogP contribution in [0.15, 0.2) is 70.7 Å². The molecule has 0 amide bonds. The topological polar surface area (TPSA) is 17.8 Å². The van der Waals surface area contributed by atoms with Gasteiger partial charge in [0.15, 0.2) is 0 Å². The molecule has 0 bridgehead atoms. The standard InChI is InChI=1S/C22H18ClFN2S/c1-3-15-10-17(13-25-12-15)26-14(2)22(18-9-8-16(23)11-20(18)26)27-21-7-5-4-6-19(21)24/h4-13H,3H2,1-2H3. The third-order valence-corrected chi connectivity index (χ3v) is 6.11. The monoisotopic (exact) mass is 396 g/mol. The number of aryl methyl sites for hydroxylation is 1. The Bertz CT molecular complexity index is 1140. The summed E-state index contributed by atoms with van der Waals surface area (Å²) in [4.78, 5) is 6.02. The van der Waals surface area contributed by atoms with E-state index in [1.165, 1.54) is 23.4 Å². The van der Waals surface area contributed by atoms with Crippen molar-refractivity contribution in [2.24, 2.45) is 0 Å². The molecule has 0 aliphatic rings. The lowest BCUT2D eigenvalue weighted by atomic mass is 10.2. The molecule has 0 unspecified atom stereocenters. The number of nitrogens with zero attached hydrogens (tertiary/aromatic N) is 2. The van der Waals surface area contributed by atoms with Crippen LogP contribution in [0.4, 0.5) is 4.39 Å². The van der Waals surface area contributed by atoms with Crippen molar-refractivity contribution in [3.05, 3.63) is 83.0 Å². The van der Waals surface area contributed by atoms with Crippen LogP contribution in [0.3, 0.4) is 0 Å². The van der Waals surface area contributed by atoms with Crippen molar-refractivity contribution >= 4 is 34.3 Å². The fraction of sp³-hybridized carbons (Fsp3) is 0.136. The fourth-order valence-corrected chi connectivity index (χ4v) is 4.47. The first-order chi connectivity index (χ1) is 13.1. The van der Waals surface area contributed by atoms with Gasteiger partial charge in [0.25, 0.3) is 0 Å². The molecule has 4 rings (SSSR count). The van der Waals surface area contributed by atoms with E-state index < -0.39 is 0 Å². The molecule has 2 heterocycles. The minimum atomic E-state index is -0.216. The van der Waals surface area contributed by atoms with E-state index in [2.05, 4.69) is 29.5 Å². The number of benzene rings is 2. The lowest BCUT2D eigenvalue weighted by molar-refractivity contribution is 0.602.